The van der Waals surface area contributed by atoms with Crippen molar-refractivity contribution in [2.75, 3.05) is 12.3 Å². The molecule has 1 aromatic carbocycles. The highest BCUT2D eigenvalue weighted by Gasteiger charge is 2.18. The molecule has 1 aromatic rings. The van der Waals surface area contributed by atoms with Crippen LogP contribution in [0.1, 0.15) is 52.0 Å². The maximum atomic E-state index is 12.0. The third-order valence-corrected chi connectivity index (χ3v) is 5.68. The molecule has 0 aromatic heterocycles. The normalized spacial score (nSPS) is 15.0. The van der Waals surface area contributed by atoms with Gasteiger partial charge in [0.1, 0.15) is 0 Å². The molecule has 0 saturated carbocycles. The third kappa shape index (κ3) is 4.32. The van der Waals surface area contributed by atoms with Crippen LogP contribution >= 0.6 is 0 Å². The number of likely N-dealkylation sites (N-methyl/N-ethyl adjacent to an activating group) is 1. The zero-order chi connectivity index (χ0) is 15.2. The van der Waals surface area contributed by atoms with Gasteiger partial charge in [-0.05, 0) is 43.0 Å². The molecule has 3 nitrogen and oxygen atoms in total. The summed E-state index contributed by atoms with van der Waals surface area (Å²) in [4.78, 5) is 0.437. The van der Waals surface area contributed by atoms with Crippen molar-refractivity contribution >= 4 is 9.84 Å². The molecule has 4 heteroatoms. The Morgan fingerprint density at radius 1 is 1.10 bits per heavy atom. The number of sulfone groups is 1. The van der Waals surface area contributed by atoms with E-state index in [9.17, 15) is 8.42 Å². The molecule has 114 valence electrons. The standard InChI is InChI=1S/C16H27NO2S/c1-5-12-20(18,19)15-10-8-14(9-11-15)13(4)16(6-2)17-7-3/h8-11,13,16-17H,5-7,12H2,1-4H3. The Morgan fingerprint density at radius 3 is 2.15 bits per heavy atom. The van der Waals surface area contributed by atoms with E-state index in [0.29, 0.717) is 23.3 Å². The largest absolute Gasteiger partial charge is 0.314 e. The average Bonchev–Trinajstić information content (AvgIpc) is 2.44. The highest BCUT2D eigenvalue weighted by atomic mass is 32.2. The molecule has 0 spiro atoms. The molecule has 0 aliphatic carbocycles. The van der Waals surface area contributed by atoms with E-state index < -0.39 is 9.84 Å². The topological polar surface area (TPSA) is 46.2 Å². The average molecular weight is 297 g/mol. The first-order chi connectivity index (χ1) is 9.46. The Hall–Kier alpha value is -0.870. The number of rotatable bonds is 8. The molecule has 0 radical (unpaired) electrons. The second-order valence-electron chi connectivity index (χ2n) is 5.25. The summed E-state index contributed by atoms with van der Waals surface area (Å²) in [5.74, 6) is 0.597. The van der Waals surface area contributed by atoms with Crippen LogP contribution in [0.3, 0.4) is 0 Å². The lowest BCUT2D eigenvalue weighted by Crippen LogP contribution is -2.32. The van der Waals surface area contributed by atoms with Crippen LogP contribution in [0.25, 0.3) is 0 Å². The summed E-state index contributed by atoms with van der Waals surface area (Å²) in [6.45, 7) is 9.30. The molecular formula is C16H27NO2S. The molecule has 1 N–H and O–H groups in total. The maximum absolute atomic E-state index is 12.0. The monoisotopic (exact) mass is 297 g/mol. The van der Waals surface area contributed by atoms with Crippen molar-refractivity contribution in [3.8, 4) is 0 Å². The molecule has 2 unspecified atom stereocenters. The van der Waals surface area contributed by atoms with Crippen LogP contribution in [0.5, 0.6) is 0 Å². The van der Waals surface area contributed by atoms with Gasteiger partial charge in [0.05, 0.1) is 10.6 Å². The Balaban J connectivity index is 2.91. The fourth-order valence-corrected chi connectivity index (χ4v) is 3.86. The van der Waals surface area contributed by atoms with Crippen molar-refractivity contribution in [3.63, 3.8) is 0 Å². The first kappa shape index (κ1) is 17.2. The van der Waals surface area contributed by atoms with Crippen LogP contribution in [0.15, 0.2) is 29.2 Å². The van der Waals surface area contributed by atoms with E-state index in [1.807, 2.05) is 19.1 Å². The van der Waals surface area contributed by atoms with Gasteiger partial charge in [-0.25, -0.2) is 8.42 Å². The van der Waals surface area contributed by atoms with Crippen molar-refractivity contribution in [2.24, 2.45) is 0 Å². The minimum Gasteiger partial charge on any atom is -0.314 e. The highest BCUT2D eigenvalue weighted by Crippen LogP contribution is 2.23. The summed E-state index contributed by atoms with van der Waals surface area (Å²) in [6.07, 6.45) is 1.71. The first-order valence-electron chi connectivity index (χ1n) is 7.52. The molecule has 0 aliphatic heterocycles. The summed E-state index contributed by atoms with van der Waals surface area (Å²) in [7, 11) is -3.10. The first-order valence-corrected chi connectivity index (χ1v) is 9.17. The summed E-state index contributed by atoms with van der Waals surface area (Å²) in [5, 5.41) is 3.48. The number of benzene rings is 1. The van der Waals surface area contributed by atoms with Crippen LogP contribution in [-0.4, -0.2) is 26.8 Å². The zero-order valence-corrected chi connectivity index (χ0v) is 13.8. The minimum absolute atomic E-state index is 0.219. The van der Waals surface area contributed by atoms with Gasteiger partial charge in [-0.3, -0.25) is 0 Å². The van der Waals surface area contributed by atoms with Gasteiger partial charge in [0, 0.05) is 6.04 Å². The molecule has 0 bridgehead atoms. The van der Waals surface area contributed by atoms with Crippen LogP contribution in [0.2, 0.25) is 0 Å². The van der Waals surface area contributed by atoms with Gasteiger partial charge in [-0.2, -0.15) is 0 Å². The summed E-state index contributed by atoms with van der Waals surface area (Å²) in [6, 6.07) is 7.82. The van der Waals surface area contributed by atoms with Crippen LogP contribution in [-0.2, 0) is 9.84 Å². The lowest BCUT2D eigenvalue weighted by molar-refractivity contribution is 0.448. The van der Waals surface area contributed by atoms with Crippen molar-refractivity contribution in [2.45, 2.75) is 57.4 Å². The Kier molecular flexibility index (Phi) is 6.69. The van der Waals surface area contributed by atoms with E-state index in [-0.39, 0.29) is 5.75 Å². The predicted octanol–water partition coefficient (Wildman–Crippen LogP) is 3.36. The van der Waals surface area contributed by atoms with Crippen molar-refractivity contribution < 1.29 is 8.42 Å². The molecule has 0 amide bonds. The fourth-order valence-electron chi connectivity index (χ4n) is 2.53. The third-order valence-electron chi connectivity index (χ3n) is 3.75. The summed E-state index contributed by atoms with van der Waals surface area (Å²) < 4.78 is 24.0. The lowest BCUT2D eigenvalue weighted by atomic mass is 9.92. The van der Waals surface area contributed by atoms with Crippen molar-refractivity contribution in [1.29, 1.82) is 0 Å². The number of hydrogen-bond donors (Lipinski definition) is 1. The van der Waals surface area contributed by atoms with E-state index in [2.05, 4.69) is 26.1 Å². The fraction of sp³-hybridized carbons (Fsp3) is 0.625. The molecule has 1 rings (SSSR count). The quantitative estimate of drug-likeness (QED) is 0.800. The van der Waals surface area contributed by atoms with Gasteiger partial charge in [0.2, 0.25) is 0 Å². The maximum Gasteiger partial charge on any atom is 0.178 e. The van der Waals surface area contributed by atoms with Crippen LogP contribution in [0, 0.1) is 0 Å². The SMILES string of the molecule is CCCS(=O)(=O)c1ccc(C(C)C(CC)NCC)cc1. The van der Waals surface area contributed by atoms with Gasteiger partial charge in [-0.15, -0.1) is 0 Å². The van der Waals surface area contributed by atoms with E-state index in [4.69, 9.17) is 0 Å². The van der Waals surface area contributed by atoms with E-state index in [1.54, 1.807) is 12.1 Å². The van der Waals surface area contributed by atoms with Gasteiger partial charge in [0.15, 0.2) is 9.84 Å². The Morgan fingerprint density at radius 2 is 1.70 bits per heavy atom. The van der Waals surface area contributed by atoms with Crippen LogP contribution < -0.4 is 5.32 Å². The lowest BCUT2D eigenvalue weighted by Gasteiger charge is -2.24. The molecule has 0 fully saturated rings. The highest BCUT2D eigenvalue weighted by molar-refractivity contribution is 7.91. The van der Waals surface area contributed by atoms with E-state index in [0.717, 1.165) is 13.0 Å². The molecule has 20 heavy (non-hydrogen) atoms. The number of nitrogens with one attached hydrogen (secondary N) is 1. The van der Waals surface area contributed by atoms with Crippen molar-refractivity contribution in [1.82, 2.24) is 5.32 Å². The molecule has 0 aliphatic rings. The van der Waals surface area contributed by atoms with Gasteiger partial charge >= 0.3 is 0 Å². The molecule has 0 saturated heterocycles. The van der Waals surface area contributed by atoms with Crippen molar-refractivity contribution in [3.05, 3.63) is 29.8 Å². The molecular weight excluding hydrogens is 270 g/mol. The molecule has 0 heterocycles. The van der Waals surface area contributed by atoms with Gasteiger partial charge in [0.25, 0.3) is 0 Å². The van der Waals surface area contributed by atoms with Gasteiger partial charge < -0.3 is 5.32 Å². The smallest absolute Gasteiger partial charge is 0.178 e. The second-order valence-corrected chi connectivity index (χ2v) is 7.36. The zero-order valence-electron chi connectivity index (χ0n) is 13.0. The summed E-state index contributed by atoms with van der Waals surface area (Å²) in [5.41, 5.74) is 1.19. The summed E-state index contributed by atoms with van der Waals surface area (Å²) >= 11 is 0. The van der Waals surface area contributed by atoms with E-state index >= 15 is 0 Å². The van der Waals surface area contributed by atoms with Crippen LogP contribution in [0.4, 0.5) is 0 Å². The molecule has 2 atom stereocenters. The Bertz CT molecular complexity index is 494. The minimum atomic E-state index is -3.10. The number of hydrogen-bond acceptors (Lipinski definition) is 3. The van der Waals surface area contributed by atoms with E-state index in [1.165, 1.54) is 5.56 Å². The predicted molar refractivity (Wildman–Crippen MR) is 85.0 cm³/mol. The second kappa shape index (κ2) is 7.79. The Labute approximate surface area is 123 Å². The van der Waals surface area contributed by atoms with Gasteiger partial charge in [-0.1, -0.05) is 39.8 Å².